The number of rotatable bonds is 3. The highest BCUT2D eigenvalue weighted by Crippen LogP contribution is 2.21. The standard InChI is InChI=1S/C14H10BrF2NO/c15-9-2-4-11(13(18)6-9)14(19)5-8-1-3-10(16)7-12(8)17/h1-4,6-7H,5,18H2. The van der Waals surface area contributed by atoms with Crippen molar-refractivity contribution >= 4 is 27.4 Å². The topological polar surface area (TPSA) is 43.1 Å². The third kappa shape index (κ3) is 3.17. The number of hydrogen-bond donors (Lipinski definition) is 1. The predicted molar refractivity (Wildman–Crippen MR) is 72.9 cm³/mol. The van der Waals surface area contributed by atoms with E-state index in [0.717, 1.165) is 16.6 Å². The van der Waals surface area contributed by atoms with Crippen molar-refractivity contribution in [2.24, 2.45) is 0 Å². The number of ketones is 1. The van der Waals surface area contributed by atoms with Crippen molar-refractivity contribution < 1.29 is 13.6 Å². The minimum Gasteiger partial charge on any atom is -0.398 e. The summed E-state index contributed by atoms with van der Waals surface area (Å²) in [5, 5.41) is 0. The van der Waals surface area contributed by atoms with E-state index >= 15 is 0 Å². The Bertz CT molecular complexity index is 643. The van der Waals surface area contributed by atoms with Crippen LogP contribution >= 0.6 is 15.9 Å². The van der Waals surface area contributed by atoms with E-state index in [-0.39, 0.29) is 17.8 Å². The van der Waals surface area contributed by atoms with Crippen molar-refractivity contribution in [1.82, 2.24) is 0 Å². The van der Waals surface area contributed by atoms with Gasteiger partial charge in [0.05, 0.1) is 0 Å². The zero-order valence-corrected chi connectivity index (χ0v) is 11.4. The van der Waals surface area contributed by atoms with Gasteiger partial charge in [0.2, 0.25) is 0 Å². The smallest absolute Gasteiger partial charge is 0.169 e. The van der Waals surface area contributed by atoms with Gasteiger partial charge in [-0.1, -0.05) is 22.0 Å². The highest BCUT2D eigenvalue weighted by atomic mass is 79.9. The molecule has 0 aliphatic rings. The molecule has 0 spiro atoms. The van der Waals surface area contributed by atoms with E-state index in [0.29, 0.717) is 11.3 Å². The zero-order chi connectivity index (χ0) is 14.0. The summed E-state index contributed by atoms with van der Waals surface area (Å²) in [7, 11) is 0. The second kappa shape index (κ2) is 5.48. The molecule has 0 saturated heterocycles. The van der Waals surface area contributed by atoms with Crippen molar-refractivity contribution in [3.8, 4) is 0 Å². The number of carbonyl (C=O) groups is 1. The molecule has 2 aromatic carbocycles. The van der Waals surface area contributed by atoms with Crippen molar-refractivity contribution in [3.63, 3.8) is 0 Å². The van der Waals surface area contributed by atoms with E-state index in [1.807, 2.05) is 0 Å². The van der Waals surface area contributed by atoms with Gasteiger partial charge >= 0.3 is 0 Å². The number of nitrogens with two attached hydrogens (primary N) is 1. The number of halogens is 3. The maximum absolute atomic E-state index is 13.5. The van der Waals surface area contributed by atoms with Gasteiger partial charge in [-0.15, -0.1) is 0 Å². The van der Waals surface area contributed by atoms with Gasteiger partial charge in [-0.2, -0.15) is 0 Å². The number of benzene rings is 2. The molecule has 0 bridgehead atoms. The number of nitrogen functional groups attached to an aromatic ring is 1. The van der Waals surface area contributed by atoms with Crippen LogP contribution in [-0.4, -0.2) is 5.78 Å². The van der Waals surface area contributed by atoms with E-state index in [1.165, 1.54) is 6.07 Å². The lowest BCUT2D eigenvalue weighted by Crippen LogP contribution is -2.08. The summed E-state index contributed by atoms with van der Waals surface area (Å²) in [5.41, 5.74) is 6.53. The van der Waals surface area contributed by atoms with Gasteiger partial charge in [0.25, 0.3) is 0 Å². The summed E-state index contributed by atoms with van der Waals surface area (Å²) >= 11 is 3.24. The van der Waals surface area contributed by atoms with Gasteiger partial charge in [-0.3, -0.25) is 4.79 Å². The number of Topliss-reactive ketones (excluding diaryl/α,β-unsaturated/α-hetero) is 1. The number of carbonyl (C=O) groups excluding carboxylic acids is 1. The normalized spacial score (nSPS) is 10.5. The fourth-order valence-corrected chi connectivity index (χ4v) is 2.10. The second-order valence-corrected chi connectivity index (χ2v) is 4.98. The molecule has 0 saturated carbocycles. The predicted octanol–water partition coefficient (Wildman–Crippen LogP) is 3.73. The van der Waals surface area contributed by atoms with Crippen LogP contribution < -0.4 is 5.73 Å². The number of anilines is 1. The molecule has 0 aliphatic heterocycles. The molecule has 2 aromatic rings. The van der Waals surface area contributed by atoms with Gasteiger partial charge in [0.15, 0.2) is 5.78 Å². The van der Waals surface area contributed by atoms with Gasteiger partial charge in [-0.25, -0.2) is 8.78 Å². The van der Waals surface area contributed by atoms with Crippen LogP contribution in [0.5, 0.6) is 0 Å². The highest BCUT2D eigenvalue weighted by Gasteiger charge is 2.13. The fraction of sp³-hybridized carbons (Fsp3) is 0.0714. The first-order valence-corrected chi connectivity index (χ1v) is 6.29. The van der Waals surface area contributed by atoms with Gasteiger partial charge in [0, 0.05) is 28.2 Å². The van der Waals surface area contributed by atoms with Crippen LogP contribution in [0.15, 0.2) is 40.9 Å². The van der Waals surface area contributed by atoms with Gasteiger partial charge in [-0.05, 0) is 29.8 Å². The lowest BCUT2D eigenvalue weighted by atomic mass is 10.0. The Morgan fingerprint density at radius 1 is 1.16 bits per heavy atom. The molecule has 0 radical (unpaired) electrons. The highest BCUT2D eigenvalue weighted by molar-refractivity contribution is 9.10. The van der Waals surface area contributed by atoms with Crippen LogP contribution in [0.4, 0.5) is 14.5 Å². The molecule has 19 heavy (non-hydrogen) atoms. The van der Waals surface area contributed by atoms with Crippen LogP contribution in [0.2, 0.25) is 0 Å². The summed E-state index contributed by atoms with van der Waals surface area (Å²) in [6, 6.07) is 8.00. The first kappa shape index (κ1) is 13.7. The van der Waals surface area contributed by atoms with E-state index in [4.69, 9.17) is 5.73 Å². The molecule has 5 heteroatoms. The Balaban J connectivity index is 2.25. The Kier molecular flexibility index (Phi) is 3.95. The maximum Gasteiger partial charge on any atom is 0.169 e. The Hall–Kier alpha value is -1.75. The van der Waals surface area contributed by atoms with E-state index in [2.05, 4.69) is 15.9 Å². The van der Waals surface area contributed by atoms with E-state index in [1.54, 1.807) is 18.2 Å². The summed E-state index contributed by atoms with van der Waals surface area (Å²) in [4.78, 5) is 12.0. The van der Waals surface area contributed by atoms with Crippen LogP contribution in [0.1, 0.15) is 15.9 Å². The van der Waals surface area contributed by atoms with Crippen LogP contribution in [0, 0.1) is 11.6 Å². The third-order valence-corrected chi connectivity index (χ3v) is 3.17. The number of hydrogen-bond acceptors (Lipinski definition) is 2. The SMILES string of the molecule is Nc1cc(Br)ccc1C(=O)Cc1ccc(F)cc1F. The summed E-state index contributed by atoms with van der Waals surface area (Å²) in [6.45, 7) is 0. The van der Waals surface area contributed by atoms with Crippen LogP contribution in [0.25, 0.3) is 0 Å². The Morgan fingerprint density at radius 3 is 2.53 bits per heavy atom. The van der Waals surface area contributed by atoms with Crippen molar-refractivity contribution in [2.45, 2.75) is 6.42 Å². The largest absolute Gasteiger partial charge is 0.398 e. The Morgan fingerprint density at radius 2 is 1.89 bits per heavy atom. The van der Waals surface area contributed by atoms with Crippen molar-refractivity contribution in [2.75, 3.05) is 5.73 Å². The molecule has 0 aromatic heterocycles. The minimum absolute atomic E-state index is 0.147. The maximum atomic E-state index is 13.5. The molecule has 0 fully saturated rings. The monoisotopic (exact) mass is 325 g/mol. The molecular formula is C14H10BrF2NO. The fourth-order valence-electron chi connectivity index (χ4n) is 1.72. The molecule has 0 heterocycles. The summed E-state index contributed by atoms with van der Waals surface area (Å²) in [5.74, 6) is -1.71. The van der Waals surface area contributed by atoms with Gasteiger partial charge in [0.1, 0.15) is 11.6 Å². The zero-order valence-electron chi connectivity index (χ0n) is 9.79. The quantitative estimate of drug-likeness (QED) is 0.690. The Labute approximate surface area is 117 Å². The first-order valence-electron chi connectivity index (χ1n) is 5.49. The minimum atomic E-state index is -0.732. The summed E-state index contributed by atoms with van der Waals surface area (Å²) in [6.07, 6.45) is -0.155. The third-order valence-electron chi connectivity index (χ3n) is 2.68. The molecule has 2 nitrogen and oxygen atoms in total. The van der Waals surface area contributed by atoms with Crippen molar-refractivity contribution in [1.29, 1.82) is 0 Å². The summed E-state index contributed by atoms with van der Waals surface area (Å²) < 4.78 is 27.0. The molecule has 0 amide bonds. The van der Waals surface area contributed by atoms with Gasteiger partial charge < -0.3 is 5.73 Å². The molecule has 0 atom stereocenters. The van der Waals surface area contributed by atoms with Crippen LogP contribution in [0.3, 0.4) is 0 Å². The van der Waals surface area contributed by atoms with Crippen molar-refractivity contribution in [3.05, 3.63) is 63.6 Å². The van der Waals surface area contributed by atoms with E-state index in [9.17, 15) is 13.6 Å². The molecule has 2 N–H and O–H groups in total. The van der Waals surface area contributed by atoms with E-state index < -0.39 is 11.6 Å². The molecular weight excluding hydrogens is 316 g/mol. The lowest BCUT2D eigenvalue weighted by Gasteiger charge is -2.06. The molecule has 0 aliphatic carbocycles. The average Bonchev–Trinajstić information content (AvgIpc) is 2.32. The lowest BCUT2D eigenvalue weighted by molar-refractivity contribution is 0.0992. The second-order valence-electron chi connectivity index (χ2n) is 4.07. The first-order chi connectivity index (χ1) is 8.97. The van der Waals surface area contributed by atoms with Crippen LogP contribution in [-0.2, 0) is 6.42 Å². The molecule has 98 valence electrons. The molecule has 0 unspecified atom stereocenters. The molecule has 2 rings (SSSR count). The average molecular weight is 326 g/mol.